The van der Waals surface area contributed by atoms with Crippen LogP contribution >= 0.6 is 46.3 Å². The lowest BCUT2D eigenvalue weighted by atomic mass is 9.75. The number of carbonyl (C=O) groups is 2. The summed E-state index contributed by atoms with van der Waals surface area (Å²) in [5, 5.41) is 22.6. The predicted octanol–water partition coefficient (Wildman–Crippen LogP) is 5.90. The summed E-state index contributed by atoms with van der Waals surface area (Å²) in [5.41, 5.74) is 8.77. The molecule has 10 nitrogen and oxygen atoms in total. The highest BCUT2D eigenvalue weighted by Gasteiger charge is 2.42. The normalized spacial score (nSPS) is 16.7. The quantitative estimate of drug-likeness (QED) is 0.285. The van der Waals surface area contributed by atoms with Gasteiger partial charge < -0.3 is 20.5 Å². The van der Waals surface area contributed by atoms with Gasteiger partial charge in [0.1, 0.15) is 17.3 Å². The molecule has 1 aliphatic heterocycles. The average molecular weight is 644 g/mol. The molecule has 0 fully saturated rings. The molecular formula is C28H24Cl2N6O4S2. The first-order valence-electron chi connectivity index (χ1n) is 12.7. The maximum Gasteiger partial charge on any atom is 0.234 e. The number of methoxy groups -OCH3 is 2. The number of rotatable bonds is 8. The van der Waals surface area contributed by atoms with E-state index in [9.17, 15) is 14.9 Å². The second kappa shape index (κ2) is 12.6. The van der Waals surface area contributed by atoms with Gasteiger partial charge in [-0.1, -0.05) is 52.4 Å². The second-order valence-electron chi connectivity index (χ2n) is 9.21. The molecule has 3 N–H and O–H groups in total. The van der Waals surface area contributed by atoms with E-state index in [1.54, 1.807) is 41.3 Å². The highest BCUT2D eigenvalue weighted by atomic mass is 35.5. The standard InChI is InChI=1S/C28H24Cl2N6O4S2/c1-39-14-9-10-21(40-2)18(11-14)33-22(38)13-41-28-35-34-27(42-28)36-19-7-4-8-20(37)25(19)23(15(12-31)26(36)32)24-16(29)5-3-6-17(24)30/h3,5-6,9-11,23H,4,7-8,13,32H2,1-2H3,(H,33,38). The number of nitriles is 1. The molecule has 5 rings (SSSR count). The van der Waals surface area contributed by atoms with Gasteiger partial charge in [-0.2, -0.15) is 5.26 Å². The molecule has 3 aromatic rings. The van der Waals surface area contributed by atoms with Crippen LogP contribution in [-0.4, -0.2) is 41.9 Å². The third kappa shape index (κ3) is 5.65. The maximum atomic E-state index is 13.4. The molecule has 2 heterocycles. The highest BCUT2D eigenvalue weighted by molar-refractivity contribution is 8.01. The number of Topliss-reactive ketones (excluding diaryl/α,β-unsaturated/α-hetero) is 1. The summed E-state index contributed by atoms with van der Waals surface area (Å²) in [5.74, 6) is 0.0576. The van der Waals surface area contributed by atoms with Crippen LogP contribution in [0.2, 0.25) is 10.0 Å². The summed E-state index contributed by atoms with van der Waals surface area (Å²) in [4.78, 5) is 27.7. The van der Waals surface area contributed by atoms with Crippen molar-refractivity contribution in [2.24, 2.45) is 5.73 Å². The van der Waals surface area contributed by atoms with E-state index >= 15 is 0 Å². The van der Waals surface area contributed by atoms with E-state index in [1.165, 1.54) is 37.3 Å². The van der Waals surface area contributed by atoms with Crippen LogP contribution in [0.25, 0.3) is 0 Å². The van der Waals surface area contributed by atoms with Crippen LogP contribution in [0.15, 0.2) is 63.4 Å². The summed E-state index contributed by atoms with van der Waals surface area (Å²) < 4.78 is 11.1. The van der Waals surface area contributed by atoms with Crippen molar-refractivity contribution in [3.05, 3.63) is 74.7 Å². The van der Waals surface area contributed by atoms with Crippen molar-refractivity contribution in [1.29, 1.82) is 5.26 Å². The molecule has 0 radical (unpaired) electrons. The van der Waals surface area contributed by atoms with Crippen LogP contribution in [-0.2, 0) is 9.59 Å². The van der Waals surface area contributed by atoms with Gasteiger partial charge in [0, 0.05) is 39.4 Å². The van der Waals surface area contributed by atoms with Gasteiger partial charge in [0.15, 0.2) is 10.1 Å². The van der Waals surface area contributed by atoms with E-state index in [0.717, 1.165) is 0 Å². The molecule has 1 unspecified atom stereocenters. The van der Waals surface area contributed by atoms with Crippen molar-refractivity contribution >= 4 is 68.8 Å². The molecule has 0 saturated carbocycles. The molecule has 1 amide bonds. The first kappa shape index (κ1) is 29.7. The minimum atomic E-state index is -0.797. The smallest absolute Gasteiger partial charge is 0.234 e. The molecule has 0 bridgehead atoms. The number of ketones is 1. The minimum Gasteiger partial charge on any atom is -0.497 e. The molecule has 0 spiro atoms. The monoisotopic (exact) mass is 642 g/mol. The van der Waals surface area contributed by atoms with E-state index in [4.69, 9.17) is 38.4 Å². The molecule has 2 aliphatic rings. The minimum absolute atomic E-state index is 0.0449. The van der Waals surface area contributed by atoms with Crippen molar-refractivity contribution in [3.8, 4) is 17.6 Å². The Hall–Kier alpha value is -3.76. The highest BCUT2D eigenvalue weighted by Crippen LogP contribution is 2.50. The van der Waals surface area contributed by atoms with Gasteiger partial charge >= 0.3 is 0 Å². The number of thioether (sulfide) groups is 1. The summed E-state index contributed by atoms with van der Waals surface area (Å²) >= 11 is 15.5. The topological polar surface area (TPSA) is 143 Å². The summed E-state index contributed by atoms with van der Waals surface area (Å²) in [6.07, 6.45) is 1.47. The van der Waals surface area contributed by atoms with Gasteiger partial charge in [-0.15, -0.1) is 10.2 Å². The fraction of sp³-hybridized carbons (Fsp3) is 0.250. The first-order valence-corrected chi connectivity index (χ1v) is 15.2. The third-order valence-corrected chi connectivity index (χ3v) is 9.50. The predicted molar refractivity (Wildman–Crippen MR) is 163 cm³/mol. The van der Waals surface area contributed by atoms with E-state index < -0.39 is 5.92 Å². The van der Waals surface area contributed by atoms with Crippen LogP contribution in [0.1, 0.15) is 30.7 Å². The van der Waals surface area contributed by atoms with E-state index in [1.807, 2.05) is 0 Å². The fourth-order valence-electron chi connectivity index (χ4n) is 4.96. The summed E-state index contributed by atoms with van der Waals surface area (Å²) in [6, 6.07) is 12.3. The number of nitrogens with zero attached hydrogens (tertiary/aromatic N) is 4. The number of amides is 1. The number of hydrogen-bond donors (Lipinski definition) is 2. The van der Waals surface area contributed by atoms with Crippen molar-refractivity contribution < 1.29 is 19.1 Å². The van der Waals surface area contributed by atoms with Crippen LogP contribution < -0.4 is 25.4 Å². The summed E-state index contributed by atoms with van der Waals surface area (Å²) in [6.45, 7) is 0. The van der Waals surface area contributed by atoms with Crippen LogP contribution in [0.4, 0.5) is 10.8 Å². The Morgan fingerprint density at radius 2 is 1.98 bits per heavy atom. The molecule has 1 atom stereocenters. The number of ether oxygens (including phenoxy) is 2. The van der Waals surface area contributed by atoms with E-state index in [2.05, 4.69) is 21.6 Å². The molecule has 14 heteroatoms. The number of hydrogen-bond acceptors (Lipinski definition) is 11. The van der Waals surface area contributed by atoms with Gasteiger partial charge in [-0.25, -0.2) is 0 Å². The maximum absolute atomic E-state index is 13.4. The number of nitrogens with two attached hydrogens (primary N) is 1. The molecule has 216 valence electrons. The number of benzene rings is 2. The first-order chi connectivity index (χ1) is 20.3. The van der Waals surface area contributed by atoms with Crippen LogP contribution in [0.5, 0.6) is 11.5 Å². The van der Waals surface area contributed by atoms with Gasteiger partial charge in [-0.3, -0.25) is 14.5 Å². The Bertz CT molecular complexity index is 1660. The number of nitrogens with one attached hydrogen (secondary N) is 1. The number of carbonyl (C=O) groups excluding carboxylic acids is 2. The van der Waals surface area contributed by atoms with Gasteiger partial charge in [0.2, 0.25) is 11.0 Å². The van der Waals surface area contributed by atoms with Gasteiger partial charge in [0.05, 0.1) is 43.2 Å². The molecule has 42 heavy (non-hydrogen) atoms. The molecule has 0 saturated heterocycles. The van der Waals surface area contributed by atoms with Gasteiger partial charge in [0.25, 0.3) is 0 Å². The van der Waals surface area contributed by atoms with Crippen LogP contribution in [0.3, 0.4) is 0 Å². The van der Waals surface area contributed by atoms with Crippen molar-refractivity contribution in [1.82, 2.24) is 10.2 Å². The number of halogens is 2. The van der Waals surface area contributed by atoms with Gasteiger partial charge in [-0.05, 0) is 37.1 Å². The SMILES string of the molecule is COc1ccc(OC)c(NC(=O)CSc2nnc(N3C(N)=C(C#N)C(c4c(Cl)cccc4Cl)C4=C3CCCC4=O)s2)c1. The Labute approximate surface area is 260 Å². The largest absolute Gasteiger partial charge is 0.497 e. The third-order valence-electron chi connectivity index (χ3n) is 6.80. The molecule has 2 aromatic carbocycles. The fourth-order valence-corrected chi connectivity index (χ4v) is 7.25. The lowest BCUT2D eigenvalue weighted by Crippen LogP contribution is -2.38. The van der Waals surface area contributed by atoms with E-state index in [-0.39, 0.29) is 28.8 Å². The molecule has 1 aromatic heterocycles. The molecular weight excluding hydrogens is 619 g/mol. The Balaban J connectivity index is 1.42. The zero-order valence-electron chi connectivity index (χ0n) is 22.4. The number of aromatic nitrogens is 2. The Morgan fingerprint density at radius 3 is 2.67 bits per heavy atom. The van der Waals surface area contributed by atoms with Crippen molar-refractivity contribution in [3.63, 3.8) is 0 Å². The number of allylic oxidation sites excluding steroid dienone is 3. The Kier molecular flexibility index (Phi) is 8.93. The summed E-state index contributed by atoms with van der Waals surface area (Å²) in [7, 11) is 3.05. The lowest BCUT2D eigenvalue weighted by molar-refractivity contribution is -0.116. The van der Waals surface area contributed by atoms with Crippen molar-refractivity contribution in [2.75, 3.05) is 30.2 Å². The Morgan fingerprint density at radius 1 is 1.21 bits per heavy atom. The average Bonchev–Trinajstić information content (AvgIpc) is 3.44. The van der Waals surface area contributed by atoms with Crippen LogP contribution in [0, 0.1) is 11.3 Å². The lowest BCUT2D eigenvalue weighted by Gasteiger charge is -2.38. The zero-order chi connectivity index (χ0) is 30.0. The number of anilines is 2. The van der Waals surface area contributed by atoms with E-state index in [0.29, 0.717) is 72.8 Å². The molecule has 1 aliphatic carbocycles. The second-order valence-corrected chi connectivity index (χ2v) is 12.2. The van der Waals surface area contributed by atoms with Crippen molar-refractivity contribution in [2.45, 2.75) is 29.5 Å². The zero-order valence-corrected chi connectivity index (χ0v) is 25.6.